The number of carboxylic acids is 1. The SMILES string of the molecule is CN=C(N)N1C=CC(CNCCO)C2(C1)C1CCC(C)C23CC(O)(C2CCC4CCCCC4O2)C(C(=O)O)=C3C1. The molecule has 6 rings (SSSR count). The number of guanidine groups is 1. The molecular weight excluding hydrogens is 508 g/mol. The fraction of sp³-hybridized carbons (Fsp3) is 0.806. The van der Waals surface area contributed by atoms with E-state index >= 15 is 0 Å². The second kappa shape index (κ2) is 10.4. The van der Waals surface area contributed by atoms with Crippen molar-refractivity contribution < 1.29 is 24.9 Å². The van der Waals surface area contributed by atoms with E-state index in [4.69, 9.17) is 10.5 Å². The standard InChI is InChI=1S/C31H48N4O5/c1-19-7-9-21-15-23-26(27(37)38)31(39,25-10-8-20-5-3-4-6-24(20)40-25)17-29(19,23)30(21)18-35(28(32)33-2)13-11-22(30)16-34-12-14-36/h11,13,19-22,24-25,34,36,39H,3-10,12,14-18H2,1-2H3,(H2,32,33)(H,37,38). The Hall–Kier alpha value is -1.94. The van der Waals surface area contributed by atoms with Gasteiger partial charge in [0.1, 0.15) is 5.60 Å². The average molecular weight is 557 g/mol. The van der Waals surface area contributed by atoms with Crippen LogP contribution in [0.4, 0.5) is 0 Å². The molecule has 9 nitrogen and oxygen atoms in total. The van der Waals surface area contributed by atoms with E-state index in [0.29, 0.717) is 50.8 Å². The van der Waals surface area contributed by atoms with Crippen molar-refractivity contribution in [2.45, 2.75) is 88.9 Å². The number of nitrogens with one attached hydrogen (secondary N) is 1. The van der Waals surface area contributed by atoms with E-state index in [1.54, 1.807) is 7.05 Å². The van der Waals surface area contributed by atoms with Crippen molar-refractivity contribution in [2.24, 2.45) is 45.2 Å². The average Bonchev–Trinajstić information content (AvgIpc) is 3.31. The third kappa shape index (κ3) is 3.87. The highest BCUT2D eigenvalue weighted by Gasteiger charge is 2.76. The number of aliphatic imine (C=N–C) groups is 1. The number of aliphatic hydroxyl groups is 2. The molecule has 0 aromatic heterocycles. The van der Waals surface area contributed by atoms with Gasteiger partial charge in [0.15, 0.2) is 5.96 Å². The highest BCUT2D eigenvalue weighted by atomic mass is 16.5. The number of carboxylic acid groups (broad SMARTS) is 1. The Kier molecular flexibility index (Phi) is 7.33. The van der Waals surface area contributed by atoms with Gasteiger partial charge < -0.3 is 36.0 Å². The van der Waals surface area contributed by atoms with Crippen LogP contribution in [0.5, 0.6) is 0 Å². The molecule has 222 valence electrons. The van der Waals surface area contributed by atoms with Crippen LogP contribution in [0.2, 0.25) is 0 Å². The maximum atomic E-state index is 13.2. The number of carbonyl (C=O) groups is 1. The number of nitrogens with zero attached hydrogens (tertiary/aromatic N) is 2. The van der Waals surface area contributed by atoms with Gasteiger partial charge in [0.05, 0.1) is 24.4 Å². The van der Waals surface area contributed by atoms with Crippen molar-refractivity contribution in [2.75, 3.05) is 33.3 Å². The Morgan fingerprint density at radius 2 is 2.02 bits per heavy atom. The fourth-order valence-corrected chi connectivity index (χ4v) is 10.5. The summed E-state index contributed by atoms with van der Waals surface area (Å²) < 4.78 is 6.70. The highest BCUT2D eigenvalue weighted by Crippen LogP contribution is 2.77. The number of ether oxygens (including phenoxy) is 1. The number of fused-ring (bicyclic) bond motifs is 1. The zero-order valence-electron chi connectivity index (χ0n) is 24.1. The minimum atomic E-state index is -1.52. The Morgan fingerprint density at radius 3 is 2.77 bits per heavy atom. The first-order valence-corrected chi connectivity index (χ1v) is 15.6. The predicted molar refractivity (Wildman–Crippen MR) is 152 cm³/mol. The number of aliphatic carboxylic acids is 1. The molecule has 9 atom stereocenters. The molecule has 2 bridgehead atoms. The van der Waals surface area contributed by atoms with Crippen molar-refractivity contribution in [3.63, 3.8) is 0 Å². The molecule has 2 aliphatic heterocycles. The minimum Gasteiger partial charge on any atom is -0.478 e. The topological polar surface area (TPSA) is 141 Å². The molecule has 0 aromatic carbocycles. The summed E-state index contributed by atoms with van der Waals surface area (Å²) in [4.78, 5) is 19.5. The normalized spacial score (nSPS) is 44.7. The fourth-order valence-electron chi connectivity index (χ4n) is 10.5. The molecule has 1 saturated heterocycles. The summed E-state index contributed by atoms with van der Waals surface area (Å²) in [7, 11) is 1.70. The van der Waals surface area contributed by atoms with Crippen LogP contribution in [0.25, 0.3) is 0 Å². The minimum absolute atomic E-state index is 0.0607. The van der Waals surface area contributed by atoms with Gasteiger partial charge in [0.25, 0.3) is 0 Å². The molecule has 6 aliphatic rings. The van der Waals surface area contributed by atoms with E-state index < -0.39 is 23.1 Å². The van der Waals surface area contributed by atoms with Crippen LogP contribution in [0.3, 0.4) is 0 Å². The highest BCUT2D eigenvalue weighted by molar-refractivity contribution is 5.92. The van der Waals surface area contributed by atoms with E-state index in [-0.39, 0.29) is 41.5 Å². The second-order valence-corrected chi connectivity index (χ2v) is 13.5. The van der Waals surface area contributed by atoms with Gasteiger partial charge in [-0.2, -0.15) is 0 Å². The smallest absolute Gasteiger partial charge is 0.334 e. The summed E-state index contributed by atoms with van der Waals surface area (Å²) in [6.07, 6.45) is 13.2. The lowest BCUT2D eigenvalue weighted by Crippen LogP contribution is -2.63. The molecule has 0 aromatic rings. The van der Waals surface area contributed by atoms with Gasteiger partial charge in [-0.3, -0.25) is 4.99 Å². The lowest BCUT2D eigenvalue weighted by atomic mass is 9.45. The van der Waals surface area contributed by atoms with Gasteiger partial charge in [-0.1, -0.05) is 25.8 Å². The van der Waals surface area contributed by atoms with Gasteiger partial charge in [-0.25, -0.2) is 4.79 Å². The number of hydrogen-bond acceptors (Lipinski definition) is 6. The van der Waals surface area contributed by atoms with Crippen molar-refractivity contribution in [1.82, 2.24) is 10.2 Å². The number of allylic oxidation sites excluding steroid dienone is 1. The zero-order valence-corrected chi connectivity index (χ0v) is 24.1. The molecule has 9 heteroatoms. The van der Waals surface area contributed by atoms with Gasteiger partial charge in [0, 0.05) is 43.7 Å². The molecule has 4 fully saturated rings. The van der Waals surface area contributed by atoms with Crippen LogP contribution < -0.4 is 11.1 Å². The lowest BCUT2D eigenvalue weighted by molar-refractivity contribution is -0.189. The first-order valence-electron chi connectivity index (χ1n) is 15.6. The zero-order chi connectivity index (χ0) is 28.3. The maximum Gasteiger partial charge on any atom is 0.334 e. The van der Waals surface area contributed by atoms with Crippen molar-refractivity contribution in [3.8, 4) is 0 Å². The second-order valence-electron chi connectivity index (χ2n) is 13.5. The van der Waals surface area contributed by atoms with Crippen LogP contribution in [0.15, 0.2) is 28.4 Å². The summed E-state index contributed by atoms with van der Waals surface area (Å²) >= 11 is 0. The Balaban J connectivity index is 1.47. The van der Waals surface area contributed by atoms with E-state index in [1.165, 1.54) is 12.8 Å². The molecule has 9 unspecified atom stereocenters. The molecule has 3 saturated carbocycles. The number of rotatable bonds is 6. The van der Waals surface area contributed by atoms with E-state index in [1.807, 2.05) is 11.1 Å². The van der Waals surface area contributed by atoms with Crippen LogP contribution in [0, 0.1) is 34.5 Å². The summed E-state index contributed by atoms with van der Waals surface area (Å²) in [6.45, 7) is 4.14. The van der Waals surface area contributed by atoms with E-state index in [2.05, 4.69) is 23.3 Å². The molecule has 6 N–H and O–H groups in total. The van der Waals surface area contributed by atoms with Gasteiger partial charge >= 0.3 is 5.97 Å². The molecule has 0 amide bonds. The van der Waals surface area contributed by atoms with Crippen LogP contribution in [-0.4, -0.2) is 83.2 Å². The predicted octanol–water partition coefficient (Wildman–Crippen LogP) is 2.63. The molecule has 2 heterocycles. The van der Waals surface area contributed by atoms with Gasteiger partial charge in [-0.05, 0) is 80.6 Å². The lowest BCUT2D eigenvalue weighted by Gasteiger charge is -2.61. The number of aliphatic hydroxyl groups excluding tert-OH is 1. The Labute approximate surface area is 237 Å². The molecular formula is C31H48N4O5. The third-order valence-electron chi connectivity index (χ3n) is 12.1. The summed E-state index contributed by atoms with van der Waals surface area (Å²) in [5.41, 5.74) is 5.23. The van der Waals surface area contributed by atoms with Gasteiger partial charge in [-0.15, -0.1) is 0 Å². The monoisotopic (exact) mass is 556 g/mol. The first-order chi connectivity index (χ1) is 19.2. The Bertz CT molecular complexity index is 1110. The molecule has 4 aliphatic carbocycles. The van der Waals surface area contributed by atoms with Crippen LogP contribution >= 0.6 is 0 Å². The largest absolute Gasteiger partial charge is 0.478 e. The quantitative estimate of drug-likeness (QED) is 0.191. The molecule has 0 radical (unpaired) electrons. The Morgan fingerprint density at radius 1 is 1.23 bits per heavy atom. The van der Waals surface area contributed by atoms with Crippen LogP contribution in [-0.2, 0) is 9.53 Å². The summed E-state index contributed by atoms with van der Waals surface area (Å²) in [5.74, 6) is 0.537. The van der Waals surface area contributed by atoms with Crippen molar-refractivity contribution >= 4 is 11.9 Å². The third-order valence-corrected chi connectivity index (χ3v) is 12.1. The number of hydrogen-bond donors (Lipinski definition) is 5. The van der Waals surface area contributed by atoms with Crippen LogP contribution in [0.1, 0.15) is 71.1 Å². The summed E-state index contributed by atoms with van der Waals surface area (Å²) in [6, 6.07) is 0. The first kappa shape index (κ1) is 28.2. The van der Waals surface area contributed by atoms with Crippen molar-refractivity contribution in [3.05, 3.63) is 23.4 Å². The number of nitrogens with two attached hydrogens (primary N) is 1. The molecule has 2 spiro atoms. The van der Waals surface area contributed by atoms with E-state index in [9.17, 15) is 20.1 Å². The van der Waals surface area contributed by atoms with E-state index in [0.717, 1.165) is 37.7 Å². The summed E-state index contributed by atoms with van der Waals surface area (Å²) in [5, 5.41) is 36.4. The van der Waals surface area contributed by atoms with Gasteiger partial charge in [0.2, 0.25) is 0 Å². The maximum absolute atomic E-state index is 13.2. The van der Waals surface area contributed by atoms with Crippen molar-refractivity contribution in [1.29, 1.82) is 0 Å². The molecule has 40 heavy (non-hydrogen) atoms.